The van der Waals surface area contributed by atoms with Crippen LogP contribution in [0.5, 0.6) is 11.6 Å². The average Bonchev–Trinajstić information content (AvgIpc) is 3.03. The SMILES string of the molecule is CNC(=O)C[C@@H]1CN(C(=O)c2ccc(Oc3ccccn3)cc2)C[C@H]1O. The second-order valence-electron chi connectivity index (χ2n) is 6.21. The fraction of sp³-hybridized carbons (Fsp3) is 0.316. The second-order valence-corrected chi connectivity index (χ2v) is 6.21. The van der Waals surface area contributed by atoms with Gasteiger partial charge in [-0.05, 0) is 30.3 Å². The van der Waals surface area contributed by atoms with Crippen molar-refractivity contribution in [1.82, 2.24) is 15.2 Å². The van der Waals surface area contributed by atoms with E-state index in [-0.39, 0.29) is 30.7 Å². The quantitative estimate of drug-likeness (QED) is 0.847. The highest BCUT2D eigenvalue weighted by molar-refractivity contribution is 5.94. The third-order valence-electron chi connectivity index (χ3n) is 4.38. The van der Waals surface area contributed by atoms with E-state index in [0.29, 0.717) is 23.7 Å². The number of carbonyl (C=O) groups excluding carboxylic acids is 2. The highest BCUT2D eigenvalue weighted by Gasteiger charge is 2.35. The van der Waals surface area contributed by atoms with Crippen molar-refractivity contribution in [2.24, 2.45) is 5.92 Å². The topological polar surface area (TPSA) is 91.8 Å². The number of benzene rings is 1. The molecule has 1 aliphatic heterocycles. The summed E-state index contributed by atoms with van der Waals surface area (Å²) in [5.41, 5.74) is 0.506. The van der Waals surface area contributed by atoms with Gasteiger partial charge in [0, 0.05) is 50.3 Å². The number of pyridine rings is 1. The predicted molar refractivity (Wildman–Crippen MR) is 94.8 cm³/mol. The Hall–Kier alpha value is -2.93. The molecule has 7 nitrogen and oxygen atoms in total. The molecule has 1 fully saturated rings. The van der Waals surface area contributed by atoms with Crippen LogP contribution in [-0.4, -0.2) is 53.0 Å². The van der Waals surface area contributed by atoms with Gasteiger partial charge in [-0.1, -0.05) is 6.07 Å². The van der Waals surface area contributed by atoms with E-state index in [1.165, 1.54) is 0 Å². The van der Waals surface area contributed by atoms with E-state index in [9.17, 15) is 14.7 Å². The van der Waals surface area contributed by atoms with E-state index in [1.54, 1.807) is 54.5 Å². The molecule has 0 bridgehead atoms. The van der Waals surface area contributed by atoms with Crippen LogP contribution in [0.2, 0.25) is 0 Å². The number of carbonyl (C=O) groups is 2. The minimum Gasteiger partial charge on any atom is -0.439 e. The molecular weight excluding hydrogens is 334 g/mol. The van der Waals surface area contributed by atoms with Gasteiger partial charge in [0.25, 0.3) is 5.91 Å². The predicted octanol–water partition coefficient (Wildman–Crippen LogP) is 1.44. The third kappa shape index (κ3) is 4.18. The summed E-state index contributed by atoms with van der Waals surface area (Å²) in [4.78, 5) is 29.8. The van der Waals surface area contributed by atoms with Crippen LogP contribution in [-0.2, 0) is 4.79 Å². The van der Waals surface area contributed by atoms with Gasteiger partial charge in [0.2, 0.25) is 11.8 Å². The summed E-state index contributed by atoms with van der Waals surface area (Å²) in [6.07, 6.45) is 1.16. The Morgan fingerprint density at radius 2 is 2.00 bits per heavy atom. The molecule has 1 saturated heterocycles. The first-order chi connectivity index (χ1) is 12.6. The minimum atomic E-state index is -0.692. The number of hydrogen-bond acceptors (Lipinski definition) is 5. The van der Waals surface area contributed by atoms with Crippen molar-refractivity contribution in [3.8, 4) is 11.6 Å². The standard InChI is InChI=1S/C19H21N3O4/c1-20-17(24)10-14-11-22(12-16(14)23)19(25)13-5-7-15(8-6-13)26-18-4-2-3-9-21-18/h2-9,14,16,23H,10-12H2,1H3,(H,20,24)/t14-,16-/m1/s1. The number of amides is 2. The number of likely N-dealkylation sites (tertiary alicyclic amines) is 1. The van der Waals surface area contributed by atoms with Crippen molar-refractivity contribution in [2.45, 2.75) is 12.5 Å². The smallest absolute Gasteiger partial charge is 0.253 e. The molecule has 2 aromatic rings. The second kappa shape index (κ2) is 7.97. The monoisotopic (exact) mass is 355 g/mol. The summed E-state index contributed by atoms with van der Waals surface area (Å²) in [6.45, 7) is 0.590. The highest BCUT2D eigenvalue weighted by Crippen LogP contribution is 2.24. The van der Waals surface area contributed by atoms with Crippen LogP contribution in [0, 0.1) is 5.92 Å². The number of aromatic nitrogens is 1. The lowest BCUT2D eigenvalue weighted by Gasteiger charge is -2.16. The lowest BCUT2D eigenvalue weighted by atomic mass is 10.0. The Bertz CT molecular complexity index is 764. The Labute approximate surface area is 151 Å². The molecule has 1 aromatic carbocycles. The number of hydrogen-bond donors (Lipinski definition) is 2. The van der Waals surface area contributed by atoms with Crippen LogP contribution >= 0.6 is 0 Å². The van der Waals surface area contributed by atoms with Crippen LogP contribution < -0.4 is 10.1 Å². The molecule has 2 N–H and O–H groups in total. The number of nitrogens with one attached hydrogen (secondary N) is 1. The van der Waals surface area contributed by atoms with Crippen molar-refractivity contribution >= 4 is 11.8 Å². The number of ether oxygens (including phenoxy) is 1. The summed E-state index contributed by atoms with van der Waals surface area (Å²) in [5.74, 6) is 0.503. The van der Waals surface area contributed by atoms with E-state index in [2.05, 4.69) is 10.3 Å². The molecule has 2 heterocycles. The van der Waals surface area contributed by atoms with Crippen LogP contribution in [0.4, 0.5) is 0 Å². The Balaban J connectivity index is 1.62. The molecule has 2 amide bonds. The van der Waals surface area contributed by atoms with Crippen LogP contribution in [0.25, 0.3) is 0 Å². The first kappa shape index (κ1) is 17.9. The van der Waals surface area contributed by atoms with Crippen LogP contribution in [0.15, 0.2) is 48.7 Å². The van der Waals surface area contributed by atoms with E-state index < -0.39 is 6.10 Å². The van der Waals surface area contributed by atoms with Gasteiger partial charge in [-0.15, -0.1) is 0 Å². The van der Waals surface area contributed by atoms with Gasteiger partial charge in [0.15, 0.2) is 0 Å². The number of rotatable bonds is 5. The van der Waals surface area contributed by atoms with Gasteiger partial charge in [0.1, 0.15) is 5.75 Å². The van der Waals surface area contributed by atoms with Crippen molar-refractivity contribution in [3.05, 3.63) is 54.2 Å². The van der Waals surface area contributed by atoms with Gasteiger partial charge in [-0.2, -0.15) is 0 Å². The highest BCUT2D eigenvalue weighted by atomic mass is 16.5. The van der Waals surface area contributed by atoms with Crippen LogP contribution in [0.1, 0.15) is 16.8 Å². The van der Waals surface area contributed by atoms with Crippen molar-refractivity contribution < 1.29 is 19.4 Å². The molecule has 2 atom stereocenters. The van der Waals surface area contributed by atoms with Crippen molar-refractivity contribution in [3.63, 3.8) is 0 Å². The van der Waals surface area contributed by atoms with Crippen LogP contribution in [0.3, 0.4) is 0 Å². The van der Waals surface area contributed by atoms with Crippen molar-refractivity contribution in [2.75, 3.05) is 20.1 Å². The number of nitrogens with zero attached hydrogens (tertiary/aromatic N) is 2. The first-order valence-electron chi connectivity index (χ1n) is 8.43. The molecule has 0 unspecified atom stereocenters. The molecule has 26 heavy (non-hydrogen) atoms. The fourth-order valence-corrected chi connectivity index (χ4v) is 2.94. The maximum atomic E-state index is 12.6. The number of aliphatic hydroxyl groups is 1. The van der Waals surface area contributed by atoms with Gasteiger partial charge in [-0.3, -0.25) is 9.59 Å². The zero-order valence-electron chi connectivity index (χ0n) is 14.5. The van der Waals surface area contributed by atoms with E-state index in [4.69, 9.17) is 4.74 Å². The van der Waals surface area contributed by atoms with Gasteiger partial charge in [0.05, 0.1) is 6.10 Å². The van der Waals surface area contributed by atoms with Gasteiger partial charge < -0.3 is 20.1 Å². The molecular formula is C19H21N3O4. The fourth-order valence-electron chi connectivity index (χ4n) is 2.94. The first-order valence-corrected chi connectivity index (χ1v) is 8.43. The molecule has 0 aliphatic carbocycles. The molecule has 136 valence electrons. The van der Waals surface area contributed by atoms with Gasteiger partial charge >= 0.3 is 0 Å². The maximum Gasteiger partial charge on any atom is 0.253 e. The van der Waals surface area contributed by atoms with Gasteiger partial charge in [-0.25, -0.2) is 4.98 Å². The van der Waals surface area contributed by atoms with Crippen molar-refractivity contribution in [1.29, 1.82) is 0 Å². The minimum absolute atomic E-state index is 0.139. The lowest BCUT2D eigenvalue weighted by molar-refractivity contribution is -0.122. The Morgan fingerprint density at radius 1 is 1.23 bits per heavy atom. The summed E-state index contributed by atoms with van der Waals surface area (Å²) < 4.78 is 5.61. The molecule has 0 radical (unpaired) electrons. The van der Waals surface area contributed by atoms with E-state index in [0.717, 1.165) is 0 Å². The molecule has 3 rings (SSSR count). The van der Waals surface area contributed by atoms with E-state index >= 15 is 0 Å². The molecule has 1 aliphatic rings. The number of aliphatic hydroxyl groups excluding tert-OH is 1. The Kier molecular flexibility index (Phi) is 5.48. The largest absolute Gasteiger partial charge is 0.439 e. The molecule has 1 aromatic heterocycles. The molecule has 0 saturated carbocycles. The summed E-state index contributed by atoms with van der Waals surface area (Å²) in [5, 5.41) is 12.6. The maximum absolute atomic E-state index is 12.6. The molecule has 7 heteroatoms. The van der Waals surface area contributed by atoms with E-state index in [1.807, 2.05) is 6.07 Å². The summed E-state index contributed by atoms with van der Waals surface area (Å²) in [6, 6.07) is 12.1. The summed E-state index contributed by atoms with van der Waals surface area (Å²) >= 11 is 0. The summed E-state index contributed by atoms with van der Waals surface area (Å²) in [7, 11) is 1.56. The average molecular weight is 355 g/mol. The number of β-amino-alcohol motifs (C(OH)–C–C–N with tert-alkyl or cyclic N) is 1. The third-order valence-corrected chi connectivity index (χ3v) is 4.38. The normalized spacial score (nSPS) is 19.2. The zero-order chi connectivity index (χ0) is 18.5. The Morgan fingerprint density at radius 3 is 2.65 bits per heavy atom. The zero-order valence-corrected chi connectivity index (χ0v) is 14.5. The lowest BCUT2D eigenvalue weighted by Crippen LogP contribution is -2.29. The molecule has 0 spiro atoms.